The lowest BCUT2D eigenvalue weighted by molar-refractivity contribution is 0.355. The average molecular weight is 286 g/mol. The van der Waals surface area contributed by atoms with Crippen LogP contribution in [0.5, 0.6) is 11.5 Å². The molecule has 2 aromatic rings. The van der Waals surface area contributed by atoms with Crippen LogP contribution in [0.25, 0.3) is 11.3 Å². The van der Waals surface area contributed by atoms with Gasteiger partial charge >= 0.3 is 0 Å². The molecule has 0 saturated heterocycles. The van der Waals surface area contributed by atoms with Crippen LogP contribution in [0.1, 0.15) is 30.1 Å². The third kappa shape index (κ3) is 2.51. The third-order valence-corrected chi connectivity index (χ3v) is 3.79. The Morgan fingerprint density at radius 2 is 1.90 bits per heavy atom. The summed E-state index contributed by atoms with van der Waals surface area (Å²) in [6.07, 6.45) is 2.19. The van der Waals surface area contributed by atoms with Crippen LogP contribution in [0, 0.1) is 6.92 Å². The summed E-state index contributed by atoms with van der Waals surface area (Å²) < 4.78 is 10.6. The minimum absolute atomic E-state index is 0.0725. The maximum absolute atomic E-state index is 12.1. The number of aromatic amines is 1. The summed E-state index contributed by atoms with van der Waals surface area (Å²) in [5, 5.41) is 0. The summed E-state index contributed by atoms with van der Waals surface area (Å²) >= 11 is 0. The lowest BCUT2D eigenvalue weighted by atomic mass is 10.1. The number of ether oxygens (including phenoxy) is 2. The predicted octanol–water partition coefficient (Wildman–Crippen LogP) is 2.64. The molecule has 1 fully saturated rings. The second-order valence-corrected chi connectivity index (χ2v) is 5.27. The Labute approximate surface area is 123 Å². The van der Waals surface area contributed by atoms with Crippen LogP contribution in [-0.2, 0) is 0 Å². The quantitative estimate of drug-likeness (QED) is 0.938. The summed E-state index contributed by atoms with van der Waals surface area (Å²) in [5.41, 5.74) is 2.11. The van der Waals surface area contributed by atoms with E-state index in [1.54, 1.807) is 21.1 Å². The highest BCUT2D eigenvalue weighted by Crippen LogP contribution is 2.39. The number of nitrogens with zero attached hydrogens (tertiary/aromatic N) is 1. The highest BCUT2D eigenvalue weighted by molar-refractivity contribution is 5.66. The van der Waals surface area contributed by atoms with Gasteiger partial charge in [-0.2, -0.15) is 0 Å². The van der Waals surface area contributed by atoms with Crippen LogP contribution in [0.3, 0.4) is 0 Å². The molecule has 0 spiro atoms. The zero-order valence-electron chi connectivity index (χ0n) is 12.4. The Morgan fingerprint density at radius 1 is 1.19 bits per heavy atom. The molecular weight excluding hydrogens is 268 g/mol. The summed E-state index contributed by atoms with van der Waals surface area (Å²) in [4.78, 5) is 19.6. The van der Waals surface area contributed by atoms with Gasteiger partial charge in [0.1, 0.15) is 5.82 Å². The van der Waals surface area contributed by atoms with Gasteiger partial charge in [-0.05, 0) is 38.0 Å². The van der Waals surface area contributed by atoms with Crippen molar-refractivity contribution in [3.8, 4) is 22.8 Å². The van der Waals surface area contributed by atoms with Crippen LogP contribution < -0.4 is 15.0 Å². The van der Waals surface area contributed by atoms with Crippen molar-refractivity contribution in [1.82, 2.24) is 9.97 Å². The first kappa shape index (κ1) is 13.7. The van der Waals surface area contributed by atoms with E-state index in [0.29, 0.717) is 28.7 Å². The predicted molar refractivity (Wildman–Crippen MR) is 80.1 cm³/mol. The van der Waals surface area contributed by atoms with Crippen LogP contribution in [-0.4, -0.2) is 24.2 Å². The molecule has 0 unspecified atom stereocenters. The van der Waals surface area contributed by atoms with E-state index in [1.807, 2.05) is 18.2 Å². The van der Waals surface area contributed by atoms with Crippen molar-refractivity contribution in [2.45, 2.75) is 25.7 Å². The van der Waals surface area contributed by atoms with E-state index in [-0.39, 0.29) is 5.56 Å². The van der Waals surface area contributed by atoms with Gasteiger partial charge < -0.3 is 14.5 Å². The number of nitrogens with one attached hydrogen (secondary N) is 1. The van der Waals surface area contributed by atoms with Gasteiger partial charge in [-0.3, -0.25) is 4.79 Å². The molecule has 0 radical (unpaired) electrons. The summed E-state index contributed by atoms with van der Waals surface area (Å²) in [5.74, 6) is 2.48. The molecule has 1 heterocycles. The number of methoxy groups -OCH3 is 2. The molecule has 110 valence electrons. The van der Waals surface area contributed by atoms with E-state index in [1.165, 1.54) is 0 Å². The zero-order valence-corrected chi connectivity index (χ0v) is 12.4. The SMILES string of the molecule is COc1ccc(-c2nc(C3CC3)[nH]c(=O)c2C)cc1OC. The van der Waals surface area contributed by atoms with Gasteiger partial charge in [0, 0.05) is 17.0 Å². The standard InChI is InChI=1S/C16H18N2O3/c1-9-14(17-15(10-4-5-10)18-16(9)19)11-6-7-12(20-2)13(8-11)21-3/h6-8,10H,4-5H2,1-3H3,(H,17,18,19). The van der Waals surface area contributed by atoms with E-state index in [0.717, 1.165) is 24.2 Å². The monoisotopic (exact) mass is 286 g/mol. The van der Waals surface area contributed by atoms with Crippen LogP contribution >= 0.6 is 0 Å². The molecule has 3 rings (SSSR count). The molecule has 1 aliphatic carbocycles. The van der Waals surface area contributed by atoms with E-state index in [9.17, 15) is 4.79 Å². The smallest absolute Gasteiger partial charge is 0.254 e. The molecule has 21 heavy (non-hydrogen) atoms. The van der Waals surface area contributed by atoms with Gasteiger partial charge in [-0.1, -0.05) is 0 Å². The van der Waals surface area contributed by atoms with E-state index >= 15 is 0 Å². The number of rotatable bonds is 4. The molecule has 1 N–H and O–H groups in total. The Morgan fingerprint density at radius 3 is 2.52 bits per heavy atom. The summed E-state index contributed by atoms with van der Waals surface area (Å²) in [7, 11) is 3.19. The van der Waals surface area contributed by atoms with Crippen molar-refractivity contribution in [2.75, 3.05) is 14.2 Å². The third-order valence-electron chi connectivity index (χ3n) is 3.79. The molecule has 5 heteroatoms. The fourth-order valence-electron chi connectivity index (χ4n) is 2.36. The maximum Gasteiger partial charge on any atom is 0.254 e. The summed E-state index contributed by atoms with van der Waals surface area (Å²) in [6.45, 7) is 1.79. The number of H-pyrrole nitrogens is 1. The molecule has 0 bridgehead atoms. The molecule has 0 atom stereocenters. The highest BCUT2D eigenvalue weighted by atomic mass is 16.5. The van der Waals surface area contributed by atoms with Gasteiger partial charge in [0.2, 0.25) is 0 Å². The number of hydrogen-bond donors (Lipinski definition) is 1. The van der Waals surface area contributed by atoms with Crippen molar-refractivity contribution < 1.29 is 9.47 Å². The van der Waals surface area contributed by atoms with Crippen molar-refractivity contribution >= 4 is 0 Å². The molecule has 0 aliphatic heterocycles. The first-order valence-electron chi connectivity index (χ1n) is 6.97. The first-order chi connectivity index (χ1) is 10.1. The van der Waals surface area contributed by atoms with E-state index < -0.39 is 0 Å². The molecule has 1 saturated carbocycles. The van der Waals surface area contributed by atoms with Crippen molar-refractivity contribution in [2.24, 2.45) is 0 Å². The van der Waals surface area contributed by atoms with Crippen LogP contribution in [0.4, 0.5) is 0 Å². The molecule has 1 aromatic heterocycles. The lowest BCUT2D eigenvalue weighted by Crippen LogP contribution is -2.15. The molecule has 1 aliphatic rings. The van der Waals surface area contributed by atoms with Gasteiger partial charge in [-0.25, -0.2) is 4.98 Å². The Balaban J connectivity index is 2.13. The van der Waals surface area contributed by atoms with Gasteiger partial charge in [0.15, 0.2) is 11.5 Å². The van der Waals surface area contributed by atoms with Crippen molar-refractivity contribution in [1.29, 1.82) is 0 Å². The van der Waals surface area contributed by atoms with Gasteiger partial charge in [0.05, 0.1) is 19.9 Å². The van der Waals surface area contributed by atoms with E-state index in [4.69, 9.17) is 9.47 Å². The largest absolute Gasteiger partial charge is 0.493 e. The van der Waals surface area contributed by atoms with Crippen molar-refractivity contribution in [3.05, 3.63) is 39.9 Å². The minimum Gasteiger partial charge on any atom is -0.493 e. The zero-order chi connectivity index (χ0) is 15.0. The molecular formula is C16H18N2O3. The first-order valence-corrected chi connectivity index (χ1v) is 6.97. The average Bonchev–Trinajstić information content (AvgIpc) is 3.34. The molecule has 0 amide bonds. The minimum atomic E-state index is -0.0725. The second kappa shape index (κ2) is 5.24. The Bertz CT molecular complexity index is 733. The molecule has 1 aromatic carbocycles. The summed E-state index contributed by atoms with van der Waals surface area (Å²) in [6, 6.07) is 5.57. The van der Waals surface area contributed by atoms with E-state index in [2.05, 4.69) is 9.97 Å². The van der Waals surface area contributed by atoms with Crippen LogP contribution in [0.15, 0.2) is 23.0 Å². The fraction of sp³-hybridized carbons (Fsp3) is 0.375. The molecule has 5 nitrogen and oxygen atoms in total. The topological polar surface area (TPSA) is 64.2 Å². The Hall–Kier alpha value is -2.30. The fourth-order valence-corrected chi connectivity index (χ4v) is 2.36. The normalized spacial score (nSPS) is 14.0. The maximum atomic E-state index is 12.1. The second-order valence-electron chi connectivity index (χ2n) is 5.27. The van der Waals surface area contributed by atoms with Crippen LogP contribution in [0.2, 0.25) is 0 Å². The number of hydrogen-bond acceptors (Lipinski definition) is 4. The highest BCUT2D eigenvalue weighted by Gasteiger charge is 2.27. The van der Waals surface area contributed by atoms with Gasteiger partial charge in [-0.15, -0.1) is 0 Å². The lowest BCUT2D eigenvalue weighted by Gasteiger charge is -2.11. The van der Waals surface area contributed by atoms with Gasteiger partial charge in [0.25, 0.3) is 5.56 Å². The number of benzene rings is 1. The van der Waals surface area contributed by atoms with Crippen molar-refractivity contribution in [3.63, 3.8) is 0 Å². The number of aromatic nitrogens is 2. The Kier molecular flexibility index (Phi) is 3.41.